The maximum Gasteiger partial charge on any atom is 0.260 e. The number of carbonyl (C=O) groups is 1. The van der Waals surface area contributed by atoms with Crippen molar-refractivity contribution in [2.45, 2.75) is 30.8 Å². The van der Waals surface area contributed by atoms with E-state index in [1.807, 2.05) is 0 Å². The van der Waals surface area contributed by atoms with Gasteiger partial charge in [0.15, 0.2) is 5.16 Å². The molecule has 4 rings (SSSR count). The van der Waals surface area contributed by atoms with Gasteiger partial charge in [0.25, 0.3) is 5.56 Å². The first-order valence-corrected chi connectivity index (χ1v) is 11.0. The number of halogens is 2. The number of aryl methyl sites for hydroxylation is 2. The van der Waals surface area contributed by atoms with Crippen LogP contribution in [-0.4, -0.2) is 21.6 Å². The monoisotopic (exact) mass is 439 g/mol. The fourth-order valence-corrected chi connectivity index (χ4v) is 5.40. The zero-order valence-corrected chi connectivity index (χ0v) is 17.2. The van der Waals surface area contributed by atoms with Crippen LogP contribution in [-0.2, 0) is 17.6 Å². The SMILES string of the molecule is O=C(CSc1nc2sc3c(c2c(=O)[nH]1)CCCC3)Nc1ccc(Cl)c(Cl)c1. The second-order valence-corrected chi connectivity index (χ2v) is 9.09. The lowest BCUT2D eigenvalue weighted by Gasteiger charge is -2.09. The van der Waals surface area contributed by atoms with Gasteiger partial charge in [0.1, 0.15) is 4.83 Å². The van der Waals surface area contributed by atoms with Crippen molar-refractivity contribution in [2.75, 3.05) is 11.1 Å². The summed E-state index contributed by atoms with van der Waals surface area (Å²) in [6.45, 7) is 0. The van der Waals surface area contributed by atoms with E-state index in [9.17, 15) is 9.59 Å². The average Bonchev–Trinajstić information content (AvgIpc) is 3.02. The van der Waals surface area contributed by atoms with Crippen molar-refractivity contribution in [3.63, 3.8) is 0 Å². The van der Waals surface area contributed by atoms with E-state index in [4.69, 9.17) is 23.2 Å². The molecule has 0 saturated heterocycles. The van der Waals surface area contributed by atoms with Crippen LogP contribution in [0.2, 0.25) is 10.0 Å². The van der Waals surface area contributed by atoms with Gasteiger partial charge >= 0.3 is 0 Å². The molecule has 140 valence electrons. The molecule has 0 radical (unpaired) electrons. The molecule has 2 heterocycles. The Morgan fingerprint density at radius 1 is 1.26 bits per heavy atom. The van der Waals surface area contributed by atoms with E-state index in [0.29, 0.717) is 20.9 Å². The Morgan fingerprint density at radius 3 is 2.89 bits per heavy atom. The normalized spacial score (nSPS) is 13.6. The van der Waals surface area contributed by atoms with Crippen molar-refractivity contribution in [2.24, 2.45) is 0 Å². The molecule has 0 bridgehead atoms. The van der Waals surface area contributed by atoms with Crippen LogP contribution in [0.25, 0.3) is 10.2 Å². The number of hydrogen-bond donors (Lipinski definition) is 2. The van der Waals surface area contributed by atoms with Crippen molar-refractivity contribution in [3.05, 3.63) is 49.0 Å². The van der Waals surface area contributed by atoms with Crippen molar-refractivity contribution in [3.8, 4) is 0 Å². The van der Waals surface area contributed by atoms with Crippen molar-refractivity contribution < 1.29 is 4.79 Å². The summed E-state index contributed by atoms with van der Waals surface area (Å²) in [5.41, 5.74) is 1.61. The minimum atomic E-state index is -0.216. The topological polar surface area (TPSA) is 74.8 Å². The largest absolute Gasteiger partial charge is 0.325 e. The van der Waals surface area contributed by atoms with Crippen molar-refractivity contribution in [1.82, 2.24) is 9.97 Å². The number of benzene rings is 1. The van der Waals surface area contributed by atoms with Gasteiger partial charge in [0.05, 0.1) is 21.2 Å². The lowest BCUT2D eigenvalue weighted by molar-refractivity contribution is -0.113. The number of thioether (sulfide) groups is 1. The second-order valence-electron chi connectivity index (χ2n) is 6.23. The molecule has 0 saturated carbocycles. The van der Waals surface area contributed by atoms with Crippen molar-refractivity contribution in [1.29, 1.82) is 0 Å². The molecule has 0 fully saturated rings. The number of rotatable bonds is 4. The minimum absolute atomic E-state index is 0.119. The van der Waals surface area contributed by atoms with Gasteiger partial charge in [-0.05, 0) is 49.4 Å². The Morgan fingerprint density at radius 2 is 2.07 bits per heavy atom. The molecule has 3 aromatic rings. The quantitative estimate of drug-likeness (QED) is 0.447. The van der Waals surface area contributed by atoms with Crippen LogP contribution in [0.15, 0.2) is 28.2 Å². The van der Waals surface area contributed by atoms with Crippen LogP contribution in [0.3, 0.4) is 0 Å². The Kier molecular flexibility index (Phi) is 5.45. The summed E-state index contributed by atoms with van der Waals surface area (Å²) < 4.78 is 0. The first-order chi connectivity index (χ1) is 13.0. The van der Waals surface area contributed by atoms with Crippen LogP contribution in [0.1, 0.15) is 23.3 Å². The molecule has 1 amide bonds. The summed E-state index contributed by atoms with van der Waals surface area (Å²) in [5.74, 6) is -0.0913. The minimum Gasteiger partial charge on any atom is -0.325 e. The predicted octanol–water partition coefficient (Wildman–Crippen LogP) is 4.90. The third-order valence-corrected chi connectivity index (χ3v) is 7.14. The molecule has 0 spiro atoms. The maximum absolute atomic E-state index is 12.5. The van der Waals surface area contributed by atoms with Crippen molar-refractivity contribution >= 4 is 68.1 Å². The standard InChI is InChI=1S/C18H15Cl2N3O2S2/c19-11-6-5-9(7-12(11)20)21-14(24)8-26-18-22-16(25)15-10-3-1-2-4-13(10)27-17(15)23-18/h5-7H,1-4,8H2,(H,21,24)(H,22,23,25). The van der Waals surface area contributed by atoms with Crippen LogP contribution >= 0.6 is 46.3 Å². The molecule has 2 aromatic heterocycles. The highest BCUT2D eigenvalue weighted by molar-refractivity contribution is 7.99. The lowest BCUT2D eigenvalue weighted by Crippen LogP contribution is -2.15. The number of anilines is 1. The summed E-state index contributed by atoms with van der Waals surface area (Å²) >= 11 is 14.6. The number of aromatic amines is 1. The molecule has 1 aromatic carbocycles. The molecule has 0 unspecified atom stereocenters. The van der Waals surface area contributed by atoms with Crippen LogP contribution in [0.4, 0.5) is 5.69 Å². The predicted molar refractivity (Wildman–Crippen MR) is 113 cm³/mol. The molecule has 0 atom stereocenters. The molecular formula is C18H15Cl2N3O2S2. The molecule has 27 heavy (non-hydrogen) atoms. The Labute approximate surface area is 173 Å². The first kappa shape index (κ1) is 18.8. The molecular weight excluding hydrogens is 425 g/mol. The number of nitrogens with one attached hydrogen (secondary N) is 2. The first-order valence-electron chi connectivity index (χ1n) is 8.43. The van der Waals surface area contributed by atoms with Gasteiger partial charge in [0, 0.05) is 10.6 Å². The third-order valence-electron chi connectivity index (χ3n) is 4.35. The Bertz CT molecular complexity index is 1090. The second kappa shape index (κ2) is 7.83. The fourth-order valence-electron chi connectivity index (χ4n) is 3.12. The molecule has 9 heteroatoms. The summed E-state index contributed by atoms with van der Waals surface area (Å²) in [6.07, 6.45) is 4.24. The maximum atomic E-state index is 12.5. The smallest absolute Gasteiger partial charge is 0.260 e. The molecule has 0 aliphatic heterocycles. The Balaban J connectivity index is 1.48. The van der Waals surface area contributed by atoms with E-state index in [0.717, 1.165) is 41.5 Å². The molecule has 5 nitrogen and oxygen atoms in total. The van der Waals surface area contributed by atoms with Crippen LogP contribution < -0.4 is 10.9 Å². The molecule has 1 aliphatic rings. The summed E-state index contributed by atoms with van der Waals surface area (Å²) in [6, 6.07) is 4.89. The number of nitrogens with zero attached hydrogens (tertiary/aromatic N) is 1. The van der Waals surface area contributed by atoms with Crippen LogP contribution in [0.5, 0.6) is 0 Å². The van der Waals surface area contributed by atoms with Gasteiger partial charge in [-0.1, -0.05) is 35.0 Å². The number of H-pyrrole nitrogens is 1. The van der Waals surface area contributed by atoms with Gasteiger partial charge in [-0.3, -0.25) is 9.59 Å². The molecule has 1 aliphatic carbocycles. The number of aromatic nitrogens is 2. The van der Waals surface area contributed by atoms with E-state index in [1.54, 1.807) is 29.5 Å². The number of amides is 1. The van der Waals surface area contributed by atoms with E-state index >= 15 is 0 Å². The summed E-state index contributed by atoms with van der Waals surface area (Å²) in [4.78, 5) is 34.1. The Hall–Kier alpha value is -1.54. The number of carbonyl (C=O) groups excluding carboxylic acids is 1. The number of thiophene rings is 1. The fraction of sp³-hybridized carbons (Fsp3) is 0.278. The molecule has 2 N–H and O–H groups in total. The van der Waals surface area contributed by atoms with E-state index in [2.05, 4.69) is 15.3 Å². The number of hydrogen-bond acceptors (Lipinski definition) is 5. The highest BCUT2D eigenvalue weighted by Gasteiger charge is 2.20. The lowest BCUT2D eigenvalue weighted by atomic mass is 9.97. The van der Waals surface area contributed by atoms with Gasteiger partial charge < -0.3 is 10.3 Å². The van der Waals surface area contributed by atoms with Gasteiger partial charge in [-0.15, -0.1) is 11.3 Å². The zero-order chi connectivity index (χ0) is 19.0. The van der Waals surface area contributed by atoms with Gasteiger partial charge in [-0.25, -0.2) is 4.98 Å². The number of fused-ring (bicyclic) bond motifs is 3. The highest BCUT2D eigenvalue weighted by atomic mass is 35.5. The highest BCUT2D eigenvalue weighted by Crippen LogP contribution is 2.34. The van der Waals surface area contributed by atoms with Gasteiger partial charge in [0.2, 0.25) is 5.91 Å². The van der Waals surface area contributed by atoms with E-state index < -0.39 is 0 Å². The zero-order valence-electron chi connectivity index (χ0n) is 14.1. The van der Waals surface area contributed by atoms with Gasteiger partial charge in [-0.2, -0.15) is 0 Å². The van der Waals surface area contributed by atoms with E-state index in [-0.39, 0.29) is 17.2 Å². The van der Waals surface area contributed by atoms with E-state index in [1.165, 1.54) is 16.6 Å². The summed E-state index contributed by atoms with van der Waals surface area (Å²) in [7, 11) is 0. The average molecular weight is 440 g/mol. The van der Waals surface area contributed by atoms with Crippen LogP contribution in [0, 0.1) is 0 Å². The summed E-state index contributed by atoms with van der Waals surface area (Å²) in [5, 5.41) is 4.73. The third kappa shape index (κ3) is 4.01.